The Kier molecular flexibility index (Phi) is 5.51. The zero-order valence-electron chi connectivity index (χ0n) is 12.0. The molecule has 0 aliphatic carbocycles. The number of carbonyl (C=O) groups excluding carboxylic acids is 1. The highest BCUT2D eigenvalue weighted by Gasteiger charge is 2.15. The SMILES string of the molecule is COc1ccc(S(=O)(=O)CCCC(=O)Nc2nccs2)cc1. The Morgan fingerprint density at radius 3 is 2.64 bits per heavy atom. The summed E-state index contributed by atoms with van der Waals surface area (Å²) in [6, 6.07) is 6.21. The van der Waals surface area contributed by atoms with E-state index in [2.05, 4.69) is 10.3 Å². The number of nitrogens with one attached hydrogen (secondary N) is 1. The van der Waals surface area contributed by atoms with E-state index >= 15 is 0 Å². The van der Waals surface area contributed by atoms with Crippen LogP contribution >= 0.6 is 11.3 Å². The fraction of sp³-hybridized carbons (Fsp3) is 0.286. The predicted molar refractivity (Wildman–Crippen MR) is 85.0 cm³/mol. The minimum Gasteiger partial charge on any atom is -0.497 e. The summed E-state index contributed by atoms with van der Waals surface area (Å²) in [6.07, 6.45) is 1.98. The lowest BCUT2D eigenvalue weighted by molar-refractivity contribution is -0.116. The van der Waals surface area contributed by atoms with E-state index in [4.69, 9.17) is 4.74 Å². The molecule has 2 rings (SSSR count). The maximum atomic E-state index is 12.1. The largest absolute Gasteiger partial charge is 0.497 e. The molecular formula is C14H16N2O4S2. The standard InChI is InChI=1S/C14H16N2O4S2/c1-20-11-4-6-12(7-5-11)22(18,19)10-2-3-13(17)16-14-15-8-9-21-14/h4-9H,2-3,10H2,1H3,(H,15,16,17). The molecule has 0 spiro atoms. The van der Waals surface area contributed by atoms with Crippen molar-refractivity contribution in [2.24, 2.45) is 0 Å². The van der Waals surface area contributed by atoms with Crippen LogP contribution in [0.1, 0.15) is 12.8 Å². The third kappa shape index (κ3) is 4.54. The van der Waals surface area contributed by atoms with E-state index in [1.807, 2.05) is 0 Å². The third-order valence-electron chi connectivity index (χ3n) is 2.91. The molecule has 22 heavy (non-hydrogen) atoms. The van der Waals surface area contributed by atoms with E-state index in [0.717, 1.165) is 0 Å². The van der Waals surface area contributed by atoms with Crippen LogP contribution in [0.5, 0.6) is 5.75 Å². The summed E-state index contributed by atoms with van der Waals surface area (Å²) in [5.74, 6) is 0.284. The Balaban J connectivity index is 1.85. The maximum absolute atomic E-state index is 12.1. The minimum absolute atomic E-state index is 0.0788. The Morgan fingerprint density at radius 2 is 2.05 bits per heavy atom. The second-order valence-corrected chi connectivity index (χ2v) is 7.49. The zero-order valence-corrected chi connectivity index (χ0v) is 13.6. The van der Waals surface area contributed by atoms with Crippen molar-refractivity contribution in [1.29, 1.82) is 0 Å². The number of sulfone groups is 1. The number of thiazole rings is 1. The summed E-state index contributed by atoms with van der Waals surface area (Å²) in [7, 11) is -1.87. The number of amides is 1. The Labute approximate surface area is 133 Å². The third-order valence-corrected chi connectivity index (χ3v) is 5.42. The number of rotatable bonds is 7. The van der Waals surface area contributed by atoms with Crippen LogP contribution in [0.15, 0.2) is 40.7 Å². The van der Waals surface area contributed by atoms with Crippen LogP contribution in [-0.4, -0.2) is 32.2 Å². The number of ether oxygens (including phenoxy) is 1. The molecule has 0 atom stereocenters. The summed E-state index contributed by atoms with van der Waals surface area (Å²) in [4.78, 5) is 15.8. The monoisotopic (exact) mass is 340 g/mol. The number of benzene rings is 1. The van der Waals surface area contributed by atoms with Gasteiger partial charge in [0.2, 0.25) is 5.91 Å². The molecule has 0 bridgehead atoms. The summed E-state index contributed by atoms with van der Waals surface area (Å²) in [6.45, 7) is 0. The summed E-state index contributed by atoms with van der Waals surface area (Å²) < 4.78 is 29.3. The van der Waals surface area contributed by atoms with Gasteiger partial charge in [0.05, 0.1) is 17.8 Å². The number of anilines is 1. The van der Waals surface area contributed by atoms with Crippen molar-refractivity contribution in [2.75, 3.05) is 18.2 Å². The van der Waals surface area contributed by atoms with Gasteiger partial charge in [-0.05, 0) is 30.7 Å². The molecule has 8 heteroatoms. The molecule has 0 aliphatic rings. The molecule has 0 saturated heterocycles. The van der Waals surface area contributed by atoms with E-state index in [1.54, 1.807) is 23.7 Å². The highest BCUT2D eigenvalue weighted by molar-refractivity contribution is 7.91. The van der Waals surface area contributed by atoms with Crippen LogP contribution < -0.4 is 10.1 Å². The summed E-state index contributed by atoms with van der Waals surface area (Å²) >= 11 is 1.32. The van der Waals surface area contributed by atoms with Gasteiger partial charge in [-0.1, -0.05) is 0 Å². The lowest BCUT2D eigenvalue weighted by Gasteiger charge is -2.06. The topological polar surface area (TPSA) is 85.4 Å². The van der Waals surface area contributed by atoms with Crippen LogP contribution in [0.4, 0.5) is 5.13 Å². The first-order chi connectivity index (χ1) is 10.5. The quantitative estimate of drug-likeness (QED) is 0.836. The van der Waals surface area contributed by atoms with Gasteiger partial charge in [0, 0.05) is 18.0 Å². The second-order valence-electron chi connectivity index (χ2n) is 4.48. The van der Waals surface area contributed by atoms with Gasteiger partial charge in [0.25, 0.3) is 0 Å². The van der Waals surface area contributed by atoms with Gasteiger partial charge in [0.15, 0.2) is 15.0 Å². The van der Waals surface area contributed by atoms with Crippen LogP contribution in [-0.2, 0) is 14.6 Å². The summed E-state index contributed by atoms with van der Waals surface area (Å²) in [5, 5.41) is 4.89. The van der Waals surface area contributed by atoms with E-state index in [-0.39, 0.29) is 29.4 Å². The molecule has 1 amide bonds. The number of methoxy groups -OCH3 is 1. The Morgan fingerprint density at radius 1 is 1.32 bits per heavy atom. The number of hydrogen-bond donors (Lipinski definition) is 1. The number of carbonyl (C=O) groups is 1. The first kappa shape index (κ1) is 16.4. The van der Waals surface area contributed by atoms with E-state index in [9.17, 15) is 13.2 Å². The second kappa shape index (κ2) is 7.37. The van der Waals surface area contributed by atoms with Gasteiger partial charge in [-0.3, -0.25) is 4.79 Å². The van der Waals surface area contributed by atoms with E-state index in [1.165, 1.54) is 30.6 Å². The van der Waals surface area contributed by atoms with Crippen LogP contribution in [0, 0.1) is 0 Å². The molecular weight excluding hydrogens is 324 g/mol. The molecule has 0 fully saturated rings. The van der Waals surface area contributed by atoms with Crippen molar-refractivity contribution in [3.05, 3.63) is 35.8 Å². The molecule has 2 aromatic rings. The molecule has 1 N–H and O–H groups in total. The molecule has 6 nitrogen and oxygen atoms in total. The van der Waals surface area contributed by atoms with Gasteiger partial charge in [0.1, 0.15) is 5.75 Å². The van der Waals surface area contributed by atoms with Crippen LogP contribution in [0.25, 0.3) is 0 Å². The normalized spacial score (nSPS) is 11.1. The van der Waals surface area contributed by atoms with E-state index < -0.39 is 9.84 Å². The first-order valence-electron chi connectivity index (χ1n) is 6.57. The van der Waals surface area contributed by atoms with Crippen LogP contribution in [0.2, 0.25) is 0 Å². The van der Waals surface area contributed by atoms with Gasteiger partial charge < -0.3 is 10.1 Å². The smallest absolute Gasteiger partial charge is 0.226 e. The lowest BCUT2D eigenvalue weighted by Crippen LogP contribution is -2.14. The predicted octanol–water partition coefficient (Wildman–Crippen LogP) is 2.34. The first-order valence-corrected chi connectivity index (χ1v) is 9.10. The molecule has 1 heterocycles. The van der Waals surface area contributed by atoms with Gasteiger partial charge >= 0.3 is 0 Å². The molecule has 0 radical (unpaired) electrons. The molecule has 1 aromatic carbocycles. The van der Waals surface area contributed by atoms with Crippen molar-refractivity contribution in [1.82, 2.24) is 4.98 Å². The molecule has 0 saturated carbocycles. The number of hydrogen-bond acceptors (Lipinski definition) is 6. The fourth-order valence-electron chi connectivity index (χ4n) is 1.79. The highest BCUT2D eigenvalue weighted by Crippen LogP contribution is 2.18. The zero-order chi connectivity index (χ0) is 16.0. The minimum atomic E-state index is -3.39. The maximum Gasteiger partial charge on any atom is 0.226 e. The molecule has 1 aromatic heterocycles. The van der Waals surface area contributed by atoms with Crippen molar-refractivity contribution in [3.8, 4) is 5.75 Å². The van der Waals surface area contributed by atoms with Crippen LogP contribution in [0.3, 0.4) is 0 Å². The molecule has 118 valence electrons. The van der Waals surface area contributed by atoms with E-state index in [0.29, 0.717) is 10.9 Å². The van der Waals surface area contributed by atoms with Gasteiger partial charge in [-0.15, -0.1) is 11.3 Å². The highest BCUT2D eigenvalue weighted by atomic mass is 32.2. The van der Waals surface area contributed by atoms with Crippen molar-refractivity contribution in [2.45, 2.75) is 17.7 Å². The Bertz CT molecular complexity index is 710. The van der Waals surface area contributed by atoms with Crippen molar-refractivity contribution < 1.29 is 17.9 Å². The number of aromatic nitrogens is 1. The number of nitrogens with zero attached hydrogens (tertiary/aromatic N) is 1. The fourth-order valence-corrected chi connectivity index (χ4v) is 3.65. The molecule has 0 unspecified atom stereocenters. The van der Waals surface area contributed by atoms with Crippen molar-refractivity contribution >= 4 is 32.2 Å². The Hall–Kier alpha value is -1.93. The van der Waals surface area contributed by atoms with Crippen molar-refractivity contribution in [3.63, 3.8) is 0 Å². The lowest BCUT2D eigenvalue weighted by atomic mass is 10.3. The van der Waals surface area contributed by atoms with Gasteiger partial charge in [-0.25, -0.2) is 13.4 Å². The summed E-state index contributed by atoms with van der Waals surface area (Å²) in [5.41, 5.74) is 0. The molecule has 0 aliphatic heterocycles. The van der Waals surface area contributed by atoms with Gasteiger partial charge in [-0.2, -0.15) is 0 Å². The average molecular weight is 340 g/mol. The average Bonchev–Trinajstić information content (AvgIpc) is 3.00.